The summed E-state index contributed by atoms with van der Waals surface area (Å²) in [5.41, 5.74) is 2.94. The second kappa shape index (κ2) is 8.64. The number of aromatic nitrogens is 1. The molecule has 2 rings (SSSR count). The normalized spacial score (nSPS) is 12.2. The fourth-order valence-corrected chi connectivity index (χ4v) is 2.91. The quantitative estimate of drug-likeness (QED) is 0.729. The lowest BCUT2D eigenvalue weighted by molar-refractivity contribution is -0.124. The summed E-state index contributed by atoms with van der Waals surface area (Å²) < 4.78 is 15.0. The number of benzene rings is 1. The van der Waals surface area contributed by atoms with Gasteiger partial charge >= 0.3 is 0 Å². The maximum absolute atomic E-state index is 13.0. The molecular formula is C19H25FN2O2. The van der Waals surface area contributed by atoms with Crippen LogP contribution in [0.3, 0.4) is 0 Å². The fourth-order valence-electron chi connectivity index (χ4n) is 2.91. The molecule has 0 aliphatic carbocycles. The van der Waals surface area contributed by atoms with Crippen molar-refractivity contribution in [2.75, 3.05) is 6.61 Å². The van der Waals surface area contributed by atoms with E-state index in [2.05, 4.69) is 5.32 Å². The van der Waals surface area contributed by atoms with Crippen LogP contribution in [-0.4, -0.2) is 22.2 Å². The van der Waals surface area contributed by atoms with E-state index in [1.165, 1.54) is 12.1 Å². The summed E-state index contributed by atoms with van der Waals surface area (Å²) in [7, 11) is 0. The molecule has 0 fully saturated rings. The Kier molecular flexibility index (Phi) is 6.55. The molecule has 0 saturated carbocycles. The molecule has 0 unspecified atom stereocenters. The Hall–Kier alpha value is -2.14. The van der Waals surface area contributed by atoms with Crippen LogP contribution in [0, 0.1) is 19.7 Å². The first-order valence-corrected chi connectivity index (χ1v) is 8.30. The molecule has 4 nitrogen and oxygen atoms in total. The summed E-state index contributed by atoms with van der Waals surface area (Å²) >= 11 is 0. The predicted octanol–water partition coefficient (Wildman–Crippen LogP) is 3.26. The molecule has 1 aromatic carbocycles. The van der Waals surface area contributed by atoms with E-state index in [1.807, 2.05) is 30.5 Å². The third-order valence-corrected chi connectivity index (χ3v) is 4.21. The predicted molar refractivity (Wildman–Crippen MR) is 92.1 cm³/mol. The Bertz CT molecular complexity index is 645. The van der Waals surface area contributed by atoms with Crippen LogP contribution in [0.25, 0.3) is 0 Å². The van der Waals surface area contributed by atoms with E-state index < -0.39 is 0 Å². The van der Waals surface area contributed by atoms with Gasteiger partial charge in [0, 0.05) is 24.5 Å². The molecule has 1 atom stereocenters. The Morgan fingerprint density at radius 1 is 1.12 bits per heavy atom. The maximum atomic E-state index is 13.0. The van der Waals surface area contributed by atoms with Crippen molar-refractivity contribution in [2.24, 2.45) is 0 Å². The Morgan fingerprint density at radius 2 is 1.75 bits per heavy atom. The first-order valence-electron chi connectivity index (χ1n) is 8.30. The molecule has 2 N–H and O–H groups in total. The van der Waals surface area contributed by atoms with Crippen molar-refractivity contribution in [3.63, 3.8) is 0 Å². The van der Waals surface area contributed by atoms with Crippen molar-refractivity contribution in [3.05, 3.63) is 59.2 Å². The van der Waals surface area contributed by atoms with Gasteiger partial charge in [0.2, 0.25) is 5.91 Å². The summed E-state index contributed by atoms with van der Waals surface area (Å²) in [6.45, 7) is 4.47. The number of halogens is 1. The smallest absolute Gasteiger partial charge is 0.243 e. The molecule has 0 radical (unpaired) electrons. The molecule has 1 aromatic heterocycles. The second-order valence-electron chi connectivity index (χ2n) is 6.07. The number of carbonyl (C=O) groups excluding carboxylic acids is 1. The third-order valence-electron chi connectivity index (χ3n) is 4.21. The lowest BCUT2D eigenvalue weighted by Crippen LogP contribution is -2.33. The Morgan fingerprint density at radius 3 is 2.33 bits per heavy atom. The van der Waals surface area contributed by atoms with E-state index in [1.54, 1.807) is 12.1 Å². The van der Waals surface area contributed by atoms with Gasteiger partial charge in [0.05, 0.1) is 0 Å². The molecule has 2 aromatic rings. The number of hydrogen-bond acceptors (Lipinski definition) is 2. The number of unbranched alkanes of at least 4 members (excludes halogenated alkanes) is 1. The molecule has 5 heteroatoms. The van der Waals surface area contributed by atoms with Crippen LogP contribution in [0.1, 0.15) is 42.3 Å². The van der Waals surface area contributed by atoms with E-state index in [-0.39, 0.29) is 24.4 Å². The van der Waals surface area contributed by atoms with Crippen LogP contribution >= 0.6 is 0 Å². The van der Waals surface area contributed by atoms with E-state index in [9.17, 15) is 9.18 Å². The van der Waals surface area contributed by atoms with Crippen LogP contribution in [0.2, 0.25) is 0 Å². The zero-order chi connectivity index (χ0) is 17.5. The summed E-state index contributed by atoms with van der Waals surface area (Å²) in [5, 5.41) is 11.9. The highest BCUT2D eigenvalue weighted by Gasteiger charge is 2.22. The molecule has 24 heavy (non-hydrogen) atoms. The number of aliphatic hydroxyl groups is 1. The average molecular weight is 332 g/mol. The molecular weight excluding hydrogens is 307 g/mol. The number of carbonyl (C=O) groups is 1. The summed E-state index contributed by atoms with van der Waals surface area (Å²) in [6, 6.07) is 9.82. The van der Waals surface area contributed by atoms with Crippen LogP contribution in [0.15, 0.2) is 36.4 Å². The minimum absolute atomic E-state index is 0.0559. The number of aliphatic hydroxyl groups excluding tert-OH is 1. The van der Waals surface area contributed by atoms with E-state index in [4.69, 9.17) is 5.11 Å². The van der Waals surface area contributed by atoms with Crippen LogP contribution in [-0.2, 0) is 11.3 Å². The molecule has 0 aliphatic heterocycles. The van der Waals surface area contributed by atoms with Gasteiger partial charge in [-0.15, -0.1) is 0 Å². The number of aryl methyl sites for hydroxylation is 2. The minimum Gasteiger partial charge on any atom is -0.396 e. The van der Waals surface area contributed by atoms with Gasteiger partial charge in [-0.05, 0) is 62.9 Å². The lowest BCUT2D eigenvalue weighted by Gasteiger charge is -2.22. The molecule has 1 heterocycles. The number of amides is 1. The van der Waals surface area contributed by atoms with Gasteiger partial charge in [-0.25, -0.2) is 4.39 Å². The van der Waals surface area contributed by atoms with Gasteiger partial charge in [0.15, 0.2) is 0 Å². The second-order valence-corrected chi connectivity index (χ2v) is 6.07. The first kappa shape index (κ1) is 18.2. The SMILES string of the molecule is Cc1ccc(C)n1[C@@H](CCCCO)C(=O)NCc1ccc(F)cc1. The summed E-state index contributed by atoms with van der Waals surface area (Å²) in [5.74, 6) is -0.342. The fraction of sp³-hybridized carbons (Fsp3) is 0.421. The number of rotatable bonds is 8. The summed E-state index contributed by atoms with van der Waals surface area (Å²) in [4.78, 5) is 12.7. The van der Waals surface area contributed by atoms with Crippen molar-refractivity contribution in [2.45, 2.75) is 45.7 Å². The van der Waals surface area contributed by atoms with Gasteiger partial charge in [0.1, 0.15) is 11.9 Å². The molecule has 1 amide bonds. The van der Waals surface area contributed by atoms with Crippen molar-refractivity contribution in [1.82, 2.24) is 9.88 Å². The molecule has 0 saturated heterocycles. The number of hydrogen-bond donors (Lipinski definition) is 2. The topological polar surface area (TPSA) is 54.3 Å². The van der Waals surface area contributed by atoms with Gasteiger partial charge in [0.25, 0.3) is 0 Å². The molecule has 0 aliphatic rings. The highest BCUT2D eigenvalue weighted by Crippen LogP contribution is 2.21. The third kappa shape index (κ3) is 4.68. The Labute approximate surface area is 142 Å². The van der Waals surface area contributed by atoms with E-state index >= 15 is 0 Å². The molecule has 0 bridgehead atoms. The largest absolute Gasteiger partial charge is 0.396 e. The standard InChI is InChI=1S/C19H25FN2O2/c1-14-6-7-15(2)22(14)18(5-3-4-12-23)19(24)21-13-16-8-10-17(20)11-9-16/h6-11,18,23H,3-5,12-13H2,1-2H3,(H,21,24)/t18-/m0/s1. The Balaban J connectivity index is 2.07. The highest BCUT2D eigenvalue weighted by atomic mass is 19.1. The lowest BCUT2D eigenvalue weighted by atomic mass is 10.1. The van der Waals surface area contributed by atoms with Crippen LogP contribution in [0.4, 0.5) is 4.39 Å². The van der Waals surface area contributed by atoms with Crippen molar-refractivity contribution in [3.8, 4) is 0 Å². The maximum Gasteiger partial charge on any atom is 0.243 e. The minimum atomic E-state index is -0.299. The average Bonchev–Trinajstić information content (AvgIpc) is 2.90. The highest BCUT2D eigenvalue weighted by molar-refractivity contribution is 5.80. The van der Waals surface area contributed by atoms with Gasteiger partial charge in [-0.3, -0.25) is 4.79 Å². The first-order chi connectivity index (χ1) is 11.5. The van der Waals surface area contributed by atoms with Crippen molar-refractivity contribution < 1.29 is 14.3 Å². The number of nitrogens with one attached hydrogen (secondary N) is 1. The van der Waals surface area contributed by atoms with Crippen molar-refractivity contribution in [1.29, 1.82) is 0 Å². The van der Waals surface area contributed by atoms with Crippen LogP contribution in [0.5, 0.6) is 0 Å². The van der Waals surface area contributed by atoms with Gasteiger partial charge in [-0.2, -0.15) is 0 Å². The molecule has 130 valence electrons. The summed E-state index contributed by atoms with van der Waals surface area (Å²) in [6.07, 6.45) is 2.13. The van der Waals surface area contributed by atoms with Gasteiger partial charge < -0.3 is 15.0 Å². The zero-order valence-electron chi connectivity index (χ0n) is 14.3. The van der Waals surface area contributed by atoms with Crippen LogP contribution < -0.4 is 5.32 Å². The number of nitrogens with zero attached hydrogens (tertiary/aromatic N) is 1. The molecule has 0 spiro atoms. The van der Waals surface area contributed by atoms with Crippen molar-refractivity contribution >= 4 is 5.91 Å². The monoisotopic (exact) mass is 332 g/mol. The van der Waals surface area contributed by atoms with Gasteiger partial charge in [-0.1, -0.05) is 12.1 Å². The zero-order valence-corrected chi connectivity index (χ0v) is 14.3. The van der Waals surface area contributed by atoms with E-state index in [0.29, 0.717) is 19.4 Å². The van der Waals surface area contributed by atoms with E-state index in [0.717, 1.165) is 23.4 Å².